The third-order valence-corrected chi connectivity index (χ3v) is 1.70. The summed E-state index contributed by atoms with van der Waals surface area (Å²) in [6, 6.07) is 0. The number of hydrogen-bond donors (Lipinski definition) is 1. The van der Waals surface area contributed by atoms with E-state index in [-0.39, 0.29) is 7.43 Å². The topological polar surface area (TPSA) is 26.0 Å². The van der Waals surface area contributed by atoms with Gasteiger partial charge in [-0.1, -0.05) is 38.3 Å². The van der Waals surface area contributed by atoms with Crippen molar-refractivity contribution in [2.75, 3.05) is 5.75 Å². The average molecular weight is 151 g/mol. The SMILES string of the molecule is C.CCCSC(N)=S. The largest absolute Gasteiger partial charge is 0.385 e. The van der Waals surface area contributed by atoms with Gasteiger partial charge in [0.15, 0.2) is 0 Å². The van der Waals surface area contributed by atoms with Crippen molar-refractivity contribution in [3.8, 4) is 0 Å². The molecule has 0 fully saturated rings. The number of thioether (sulfide) groups is 1. The Hall–Kier alpha value is 0.240. The van der Waals surface area contributed by atoms with E-state index >= 15 is 0 Å². The Bertz CT molecular complexity index is 63.4. The Morgan fingerprint density at radius 2 is 2.25 bits per heavy atom. The molecule has 0 amide bonds. The van der Waals surface area contributed by atoms with Crippen molar-refractivity contribution >= 4 is 28.3 Å². The molecule has 3 heteroatoms. The van der Waals surface area contributed by atoms with Crippen LogP contribution in [-0.4, -0.2) is 10.1 Å². The van der Waals surface area contributed by atoms with Crippen LogP contribution in [0.3, 0.4) is 0 Å². The molecule has 0 rings (SSSR count). The molecule has 0 unspecified atom stereocenters. The van der Waals surface area contributed by atoms with Crippen LogP contribution in [0.1, 0.15) is 20.8 Å². The van der Waals surface area contributed by atoms with Gasteiger partial charge in [0.1, 0.15) is 4.32 Å². The van der Waals surface area contributed by atoms with Gasteiger partial charge in [0.2, 0.25) is 0 Å². The van der Waals surface area contributed by atoms with Crippen molar-refractivity contribution in [2.45, 2.75) is 20.8 Å². The molecule has 0 bridgehead atoms. The number of hydrogen-bond acceptors (Lipinski definition) is 2. The Morgan fingerprint density at radius 3 is 2.38 bits per heavy atom. The number of rotatable bonds is 2. The first-order valence-corrected chi connectivity index (χ1v) is 3.59. The molecular weight excluding hydrogens is 138 g/mol. The van der Waals surface area contributed by atoms with Crippen LogP contribution in [0.15, 0.2) is 0 Å². The molecule has 0 aromatic carbocycles. The smallest absolute Gasteiger partial charge is 0.131 e. The lowest BCUT2D eigenvalue weighted by atomic mass is 10.6. The zero-order chi connectivity index (χ0) is 5.70. The van der Waals surface area contributed by atoms with Gasteiger partial charge < -0.3 is 5.73 Å². The molecule has 0 aliphatic heterocycles. The molecule has 50 valence electrons. The van der Waals surface area contributed by atoms with E-state index in [1.807, 2.05) is 0 Å². The van der Waals surface area contributed by atoms with E-state index < -0.39 is 0 Å². The van der Waals surface area contributed by atoms with E-state index in [2.05, 4.69) is 19.1 Å². The maximum Gasteiger partial charge on any atom is 0.131 e. The lowest BCUT2D eigenvalue weighted by Gasteiger charge is -1.90. The molecule has 0 heterocycles. The Morgan fingerprint density at radius 1 is 1.75 bits per heavy atom. The summed E-state index contributed by atoms with van der Waals surface area (Å²) in [6.45, 7) is 2.10. The summed E-state index contributed by atoms with van der Waals surface area (Å²) in [7, 11) is 0. The second-order valence-electron chi connectivity index (χ2n) is 1.17. The molecule has 1 nitrogen and oxygen atoms in total. The van der Waals surface area contributed by atoms with Crippen LogP contribution >= 0.6 is 24.0 Å². The molecular formula is C5H13NS2. The van der Waals surface area contributed by atoms with Crippen LogP contribution in [0.2, 0.25) is 0 Å². The third kappa shape index (κ3) is 9.53. The van der Waals surface area contributed by atoms with E-state index in [9.17, 15) is 0 Å². The minimum absolute atomic E-state index is 0. The Labute approximate surface area is 61.0 Å². The summed E-state index contributed by atoms with van der Waals surface area (Å²) in [4.78, 5) is 0. The van der Waals surface area contributed by atoms with Crippen molar-refractivity contribution in [3.05, 3.63) is 0 Å². The second kappa shape index (κ2) is 7.24. The van der Waals surface area contributed by atoms with Gasteiger partial charge >= 0.3 is 0 Å². The normalized spacial score (nSPS) is 7.62. The predicted octanol–water partition coefficient (Wildman–Crippen LogP) is 2.01. The summed E-state index contributed by atoms with van der Waals surface area (Å²) in [5.41, 5.74) is 5.17. The van der Waals surface area contributed by atoms with Crippen LogP contribution in [0.25, 0.3) is 0 Å². The lowest BCUT2D eigenvalue weighted by molar-refractivity contribution is 1.11. The summed E-state index contributed by atoms with van der Waals surface area (Å²) in [5, 5.41) is 0. The van der Waals surface area contributed by atoms with E-state index in [4.69, 9.17) is 5.73 Å². The third-order valence-electron chi connectivity index (χ3n) is 0.448. The zero-order valence-electron chi connectivity index (χ0n) is 4.31. The maximum absolute atomic E-state index is 5.17. The first-order chi connectivity index (χ1) is 3.27. The number of nitrogens with two attached hydrogens (primary N) is 1. The minimum Gasteiger partial charge on any atom is -0.385 e. The molecule has 2 N–H and O–H groups in total. The van der Waals surface area contributed by atoms with Crippen LogP contribution < -0.4 is 5.73 Å². The standard InChI is InChI=1S/C4H9NS2.CH4/c1-2-3-7-4(5)6;/h2-3H2,1H3,(H2,5,6);1H4. The van der Waals surface area contributed by atoms with Gasteiger partial charge in [0, 0.05) is 0 Å². The van der Waals surface area contributed by atoms with Crippen molar-refractivity contribution in [2.24, 2.45) is 5.73 Å². The van der Waals surface area contributed by atoms with Crippen LogP contribution in [-0.2, 0) is 0 Å². The average Bonchev–Trinajstić information content (AvgIpc) is 1.61. The first kappa shape index (κ1) is 11.1. The van der Waals surface area contributed by atoms with Gasteiger partial charge in [0.05, 0.1) is 0 Å². The van der Waals surface area contributed by atoms with Crippen LogP contribution in [0.5, 0.6) is 0 Å². The van der Waals surface area contributed by atoms with E-state index in [1.54, 1.807) is 11.8 Å². The minimum atomic E-state index is 0. The highest BCUT2D eigenvalue weighted by atomic mass is 32.2. The highest BCUT2D eigenvalue weighted by Gasteiger charge is 1.84. The van der Waals surface area contributed by atoms with Gasteiger partial charge in [-0.2, -0.15) is 0 Å². The second-order valence-corrected chi connectivity index (χ2v) is 3.00. The molecule has 0 saturated carbocycles. The zero-order valence-corrected chi connectivity index (χ0v) is 5.94. The molecule has 0 atom stereocenters. The fourth-order valence-corrected chi connectivity index (χ4v) is 0.858. The fourth-order valence-electron chi connectivity index (χ4n) is 0.203. The summed E-state index contributed by atoms with van der Waals surface area (Å²) in [5.74, 6) is 1.05. The molecule has 0 aromatic heterocycles. The first-order valence-electron chi connectivity index (χ1n) is 2.19. The molecule has 0 aromatic rings. The quantitative estimate of drug-likeness (QED) is 0.611. The lowest BCUT2D eigenvalue weighted by Crippen LogP contribution is -2.01. The highest BCUT2D eigenvalue weighted by Crippen LogP contribution is 1.99. The Kier molecular flexibility index (Phi) is 10.0. The molecule has 0 radical (unpaired) electrons. The van der Waals surface area contributed by atoms with E-state index in [1.165, 1.54) is 0 Å². The molecule has 0 spiro atoms. The van der Waals surface area contributed by atoms with E-state index in [0.717, 1.165) is 12.2 Å². The molecule has 8 heavy (non-hydrogen) atoms. The van der Waals surface area contributed by atoms with Crippen molar-refractivity contribution in [3.63, 3.8) is 0 Å². The summed E-state index contributed by atoms with van der Waals surface area (Å²) >= 11 is 6.14. The van der Waals surface area contributed by atoms with Crippen LogP contribution in [0.4, 0.5) is 0 Å². The van der Waals surface area contributed by atoms with Gasteiger partial charge in [-0.15, -0.1) is 0 Å². The van der Waals surface area contributed by atoms with E-state index in [0.29, 0.717) is 4.32 Å². The van der Waals surface area contributed by atoms with Gasteiger partial charge in [-0.05, 0) is 12.2 Å². The van der Waals surface area contributed by atoms with Crippen molar-refractivity contribution < 1.29 is 0 Å². The van der Waals surface area contributed by atoms with Gasteiger partial charge in [-0.3, -0.25) is 0 Å². The van der Waals surface area contributed by atoms with Gasteiger partial charge in [-0.25, -0.2) is 0 Å². The molecule has 0 aliphatic carbocycles. The molecule has 0 saturated heterocycles. The Balaban J connectivity index is 0. The molecule has 0 aliphatic rings. The summed E-state index contributed by atoms with van der Waals surface area (Å²) in [6.07, 6.45) is 1.14. The summed E-state index contributed by atoms with van der Waals surface area (Å²) < 4.78 is 0.557. The van der Waals surface area contributed by atoms with Crippen molar-refractivity contribution in [1.29, 1.82) is 0 Å². The predicted molar refractivity (Wildman–Crippen MR) is 46.3 cm³/mol. The fraction of sp³-hybridized carbons (Fsp3) is 0.800. The number of thiocarbonyl (C=S) groups is 1. The van der Waals surface area contributed by atoms with Crippen molar-refractivity contribution in [1.82, 2.24) is 0 Å². The maximum atomic E-state index is 5.17. The monoisotopic (exact) mass is 151 g/mol. The van der Waals surface area contributed by atoms with Gasteiger partial charge in [0.25, 0.3) is 0 Å². The van der Waals surface area contributed by atoms with Crippen LogP contribution in [0, 0.1) is 0 Å². The highest BCUT2D eigenvalue weighted by molar-refractivity contribution is 8.22.